The molecule has 0 amide bonds. The number of aryl methyl sites for hydroxylation is 1. The Hall–Kier alpha value is -2.07. The van der Waals surface area contributed by atoms with Crippen LogP contribution in [0.3, 0.4) is 0 Å². The van der Waals surface area contributed by atoms with Crippen molar-refractivity contribution in [3.8, 4) is 5.75 Å². The number of benzene rings is 1. The van der Waals surface area contributed by atoms with Crippen LogP contribution in [-0.2, 0) is 6.42 Å². The van der Waals surface area contributed by atoms with Crippen LogP contribution in [0.5, 0.6) is 5.75 Å². The number of hydrogen-bond acceptors (Lipinski definition) is 3. The molecule has 2 saturated carbocycles. The number of methoxy groups -OCH3 is 1. The highest BCUT2D eigenvalue weighted by Crippen LogP contribution is 2.61. The van der Waals surface area contributed by atoms with Gasteiger partial charge in [-0.3, -0.25) is 4.99 Å². The van der Waals surface area contributed by atoms with E-state index in [1.54, 1.807) is 7.11 Å². The molecule has 2 fully saturated rings. The fourth-order valence-corrected chi connectivity index (χ4v) is 6.42. The lowest BCUT2D eigenvalue weighted by Gasteiger charge is -2.50. The maximum absolute atomic E-state index is 11.2. The summed E-state index contributed by atoms with van der Waals surface area (Å²) in [5.41, 5.74) is 3.98. The van der Waals surface area contributed by atoms with E-state index in [-0.39, 0.29) is 17.6 Å². The minimum Gasteiger partial charge on any atom is -0.497 e. The highest BCUT2D eigenvalue weighted by Gasteiger charge is 2.57. The number of H-pyrrole nitrogens is 1. The number of hydrogen-bond donors (Lipinski definition) is 2. The van der Waals surface area contributed by atoms with Gasteiger partial charge in [0.05, 0.1) is 24.9 Å². The van der Waals surface area contributed by atoms with Gasteiger partial charge in [0.15, 0.2) is 0 Å². The first-order chi connectivity index (χ1) is 13.6. The molecule has 3 aliphatic carbocycles. The van der Waals surface area contributed by atoms with Crippen molar-refractivity contribution >= 4 is 6.21 Å². The zero-order chi connectivity index (χ0) is 19.3. The molecule has 2 aromatic rings. The van der Waals surface area contributed by atoms with Gasteiger partial charge in [-0.15, -0.1) is 0 Å². The van der Waals surface area contributed by atoms with Gasteiger partial charge < -0.3 is 14.8 Å². The van der Waals surface area contributed by atoms with Gasteiger partial charge in [-0.2, -0.15) is 0 Å². The zero-order valence-electron chi connectivity index (χ0n) is 16.8. The number of nitrogens with zero attached hydrogens (tertiary/aromatic N) is 1. The van der Waals surface area contributed by atoms with Gasteiger partial charge >= 0.3 is 0 Å². The number of ether oxygens (including phenoxy) is 1. The van der Waals surface area contributed by atoms with E-state index < -0.39 is 0 Å². The molecule has 5 rings (SSSR count). The van der Waals surface area contributed by atoms with Crippen LogP contribution in [0.4, 0.5) is 0 Å². The van der Waals surface area contributed by atoms with Crippen molar-refractivity contribution in [1.29, 1.82) is 0 Å². The summed E-state index contributed by atoms with van der Waals surface area (Å²) >= 11 is 0. The van der Waals surface area contributed by atoms with Crippen LogP contribution in [-0.4, -0.2) is 35.6 Å². The van der Waals surface area contributed by atoms with E-state index in [4.69, 9.17) is 9.73 Å². The monoisotopic (exact) mass is 378 g/mol. The standard InChI is InChI=1S/C24H30N2O2/c1-24-10-9-19-18-8-6-17(28-2)12-15(18)5-7-20(19)21(24)13-22(23(24)27)26-14-16-4-3-11-25-16/h3-4,6,8,11-12,14,19-23,25,27H,5,7,9-10,13H2,1-2H3/t19-,20-,21+,22+,23+,24+/m1/s1. The van der Waals surface area contributed by atoms with Crippen LogP contribution in [0.2, 0.25) is 0 Å². The normalized spacial score (nSPS) is 36.8. The SMILES string of the molecule is COc1ccc2c(c1)CC[C@@H]1[C@@H]2CC[C@]2(C)[C@@H](O)[C@@H](N=Cc3ccc[nH]3)C[C@@H]12. The summed E-state index contributed by atoms with van der Waals surface area (Å²) in [5.74, 6) is 2.78. The van der Waals surface area contributed by atoms with E-state index in [1.807, 2.05) is 24.5 Å². The van der Waals surface area contributed by atoms with E-state index in [0.29, 0.717) is 17.8 Å². The number of nitrogens with one attached hydrogen (secondary N) is 1. The van der Waals surface area contributed by atoms with Gasteiger partial charge in [0.25, 0.3) is 0 Å². The molecule has 0 aliphatic heterocycles. The van der Waals surface area contributed by atoms with Crippen molar-refractivity contribution in [3.05, 3.63) is 53.3 Å². The van der Waals surface area contributed by atoms with Gasteiger partial charge in [0, 0.05) is 12.4 Å². The van der Waals surface area contributed by atoms with Gasteiger partial charge in [0.2, 0.25) is 0 Å². The zero-order valence-corrected chi connectivity index (χ0v) is 16.8. The fraction of sp³-hybridized carbons (Fsp3) is 0.542. The molecule has 0 saturated heterocycles. The van der Waals surface area contributed by atoms with E-state index in [9.17, 15) is 5.11 Å². The minimum atomic E-state index is -0.345. The molecular formula is C24H30N2O2. The molecule has 4 nitrogen and oxygen atoms in total. The second kappa shape index (κ2) is 6.77. The number of fused-ring (bicyclic) bond motifs is 5. The third-order valence-electron chi connectivity index (χ3n) is 7.93. The number of aliphatic hydroxyl groups excluding tert-OH is 1. The summed E-state index contributed by atoms with van der Waals surface area (Å²) in [6.07, 6.45) is 9.04. The largest absolute Gasteiger partial charge is 0.497 e. The molecule has 6 atom stereocenters. The Morgan fingerprint density at radius 1 is 1.29 bits per heavy atom. The van der Waals surface area contributed by atoms with Crippen LogP contribution in [0.15, 0.2) is 41.5 Å². The smallest absolute Gasteiger partial charge is 0.119 e. The first-order valence-corrected chi connectivity index (χ1v) is 10.6. The Morgan fingerprint density at radius 3 is 2.96 bits per heavy atom. The predicted octanol–water partition coefficient (Wildman–Crippen LogP) is 4.34. The average molecular weight is 379 g/mol. The maximum Gasteiger partial charge on any atom is 0.119 e. The summed E-state index contributed by atoms with van der Waals surface area (Å²) in [4.78, 5) is 7.97. The van der Waals surface area contributed by atoms with Crippen molar-refractivity contribution in [3.63, 3.8) is 0 Å². The Kier molecular flexibility index (Phi) is 4.35. The van der Waals surface area contributed by atoms with Gasteiger partial charge in [-0.05, 0) is 90.7 Å². The number of aromatic nitrogens is 1. The topological polar surface area (TPSA) is 57.6 Å². The van der Waals surface area contributed by atoms with Crippen LogP contribution in [0.25, 0.3) is 0 Å². The van der Waals surface area contributed by atoms with Crippen LogP contribution in [0.1, 0.15) is 55.3 Å². The molecular weight excluding hydrogens is 348 g/mol. The summed E-state index contributed by atoms with van der Waals surface area (Å²) < 4.78 is 5.44. The summed E-state index contributed by atoms with van der Waals surface area (Å²) in [7, 11) is 1.74. The van der Waals surface area contributed by atoms with Crippen molar-refractivity contribution in [2.45, 2.75) is 57.1 Å². The van der Waals surface area contributed by atoms with Crippen molar-refractivity contribution in [2.75, 3.05) is 7.11 Å². The Labute approximate surface area is 167 Å². The molecule has 148 valence electrons. The quantitative estimate of drug-likeness (QED) is 0.781. The van der Waals surface area contributed by atoms with Gasteiger partial charge in [-0.1, -0.05) is 13.0 Å². The third-order valence-corrected chi connectivity index (χ3v) is 7.93. The molecule has 1 aromatic heterocycles. The average Bonchev–Trinajstić information content (AvgIpc) is 3.32. The van der Waals surface area contributed by atoms with Crippen LogP contribution < -0.4 is 4.74 Å². The molecule has 0 radical (unpaired) electrons. The lowest BCUT2D eigenvalue weighted by molar-refractivity contribution is -0.0254. The predicted molar refractivity (Wildman–Crippen MR) is 111 cm³/mol. The van der Waals surface area contributed by atoms with Gasteiger partial charge in [0.1, 0.15) is 5.75 Å². The number of aliphatic hydroxyl groups is 1. The van der Waals surface area contributed by atoms with E-state index >= 15 is 0 Å². The lowest BCUT2D eigenvalue weighted by atomic mass is 9.55. The van der Waals surface area contributed by atoms with E-state index in [0.717, 1.165) is 30.7 Å². The molecule has 3 aliphatic rings. The van der Waals surface area contributed by atoms with Crippen LogP contribution in [0, 0.1) is 17.3 Å². The highest BCUT2D eigenvalue weighted by atomic mass is 16.5. The summed E-state index contributed by atoms with van der Waals surface area (Å²) in [6.45, 7) is 2.31. The molecule has 0 spiro atoms. The van der Waals surface area contributed by atoms with E-state index in [1.165, 1.54) is 24.0 Å². The molecule has 0 bridgehead atoms. The first-order valence-electron chi connectivity index (χ1n) is 10.6. The minimum absolute atomic E-state index is 0.00862. The highest BCUT2D eigenvalue weighted by molar-refractivity contribution is 5.77. The Balaban J connectivity index is 1.41. The second-order valence-corrected chi connectivity index (χ2v) is 9.18. The van der Waals surface area contributed by atoms with Crippen LogP contribution >= 0.6 is 0 Å². The molecule has 4 heteroatoms. The first kappa shape index (κ1) is 18.0. The number of aliphatic imine (C=N–C) groups is 1. The Bertz CT molecular complexity index is 875. The number of rotatable bonds is 3. The van der Waals surface area contributed by atoms with Crippen molar-refractivity contribution < 1.29 is 9.84 Å². The Morgan fingerprint density at radius 2 is 2.18 bits per heavy atom. The number of aromatic amines is 1. The van der Waals surface area contributed by atoms with Gasteiger partial charge in [-0.25, -0.2) is 0 Å². The van der Waals surface area contributed by atoms with Crippen molar-refractivity contribution in [2.24, 2.45) is 22.2 Å². The molecule has 1 heterocycles. The molecule has 1 aromatic carbocycles. The van der Waals surface area contributed by atoms with E-state index in [2.05, 4.69) is 30.1 Å². The fourth-order valence-electron chi connectivity index (χ4n) is 6.42. The lowest BCUT2D eigenvalue weighted by Crippen LogP contribution is -2.44. The van der Waals surface area contributed by atoms with Crippen molar-refractivity contribution in [1.82, 2.24) is 4.98 Å². The third kappa shape index (κ3) is 2.73. The summed E-state index contributed by atoms with van der Waals surface area (Å²) in [5, 5.41) is 11.2. The summed E-state index contributed by atoms with van der Waals surface area (Å²) in [6, 6.07) is 10.6. The molecule has 0 unspecified atom stereocenters. The second-order valence-electron chi connectivity index (χ2n) is 9.18. The maximum atomic E-state index is 11.2. The molecule has 2 N–H and O–H groups in total. The molecule has 28 heavy (non-hydrogen) atoms.